The van der Waals surface area contributed by atoms with Gasteiger partial charge in [0.1, 0.15) is 0 Å². The zero-order valence-corrected chi connectivity index (χ0v) is 9.28. The summed E-state index contributed by atoms with van der Waals surface area (Å²) in [5.41, 5.74) is 0.774. The predicted octanol–water partition coefficient (Wildman–Crippen LogP) is -0.324. The molecule has 0 spiro atoms. The van der Waals surface area contributed by atoms with E-state index in [4.69, 9.17) is 0 Å². The van der Waals surface area contributed by atoms with Crippen LogP contribution >= 0.6 is 0 Å². The van der Waals surface area contributed by atoms with Crippen molar-refractivity contribution >= 4 is 0 Å². The van der Waals surface area contributed by atoms with Gasteiger partial charge in [0, 0.05) is 0 Å². The van der Waals surface area contributed by atoms with E-state index in [0.29, 0.717) is 21.2 Å². The van der Waals surface area contributed by atoms with E-state index in [9.17, 15) is 0 Å². The van der Waals surface area contributed by atoms with E-state index in [-0.39, 0.29) is 0 Å². The molecule has 0 aromatic rings. The van der Waals surface area contributed by atoms with Gasteiger partial charge in [0.15, 0.2) is 0 Å². The molecule has 0 amide bonds. The van der Waals surface area contributed by atoms with Crippen LogP contribution in [0.4, 0.5) is 0 Å². The Balaban J connectivity index is 2.22. The number of hydrogen-bond acceptors (Lipinski definition) is 0. The molecular formula is C9H18I-. The monoisotopic (exact) mass is 253 g/mol. The number of rotatable bonds is 3. The van der Waals surface area contributed by atoms with Gasteiger partial charge in [0.05, 0.1) is 0 Å². The van der Waals surface area contributed by atoms with E-state index in [1.54, 1.807) is 4.43 Å². The number of hydrogen-bond donors (Lipinski definition) is 0. The molecule has 0 nitrogen and oxygen atoms in total. The molecule has 1 saturated carbocycles. The van der Waals surface area contributed by atoms with Gasteiger partial charge in [0.2, 0.25) is 0 Å². The van der Waals surface area contributed by atoms with Crippen molar-refractivity contribution in [3.63, 3.8) is 0 Å². The normalized spacial score (nSPS) is 23.8. The van der Waals surface area contributed by atoms with Gasteiger partial charge >= 0.3 is 75.0 Å². The summed E-state index contributed by atoms with van der Waals surface area (Å²) in [4.78, 5) is 2.40. The zero-order valence-electron chi connectivity index (χ0n) is 7.12. The summed E-state index contributed by atoms with van der Waals surface area (Å²) in [6.45, 7) is 2.49. The third kappa shape index (κ3) is 2.40. The van der Waals surface area contributed by atoms with Crippen LogP contribution in [-0.2, 0) is 0 Å². The molecule has 1 aliphatic rings. The molecule has 10 heavy (non-hydrogen) atoms. The molecule has 0 N–H and O–H groups in total. The molecule has 0 saturated heterocycles. The average molecular weight is 253 g/mol. The Hall–Kier alpha value is 0.730. The summed E-state index contributed by atoms with van der Waals surface area (Å²) >= 11 is 0.557. The van der Waals surface area contributed by atoms with Crippen LogP contribution in [0.2, 0.25) is 0 Å². The fourth-order valence-corrected chi connectivity index (χ4v) is 3.64. The van der Waals surface area contributed by atoms with E-state index in [0.717, 1.165) is 5.41 Å². The Morgan fingerprint density at radius 3 is 2.40 bits per heavy atom. The first kappa shape index (κ1) is 8.82. The minimum atomic E-state index is 0.557. The van der Waals surface area contributed by atoms with Crippen LogP contribution in [0, 0.1) is 5.41 Å². The maximum absolute atomic E-state index is 2.49. The van der Waals surface area contributed by atoms with Crippen molar-refractivity contribution in [2.24, 2.45) is 5.41 Å². The van der Waals surface area contributed by atoms with Gasteiger partial charge in [-0.1, -0.05) is 0 Å². The van der Waals surface area contributed by atoms with E-state index in [1.807, 2.05) is 0 Å². The molecule has 1 rings (SSSR count). The van der Waals surface area contributed by atoms with Crippen molar-refractivity contribution in [2.45, 2.75) is 39.0 Å². The van der Waals surface area contributed by atoms with Crippen molar-refractivity contribution in [1.29, 1.82) is 0 Å². The van der Waals surface area contributed by atoms with E-state index in [2.05, 4.69) is 11.9 Å². The number of alkyl halides is 2. The minimum absolute atomic E-state index is 0.557. The maximum atomic E-state index is 2.49. The summed E-state index contributed by atoms with van der Waals surface area (Å²) in [6, 6.07) is 0. The van der Waals surface area contributed by atoms with Crippen LogP contribution < -0.4 is 21.2 Å². The van der Waals surface area contributed by atoms with Crippen LogP contribution in [0.15, 0.2) is 0 Å². The van der Waals surface area contributed by atoms with Crippen molar-refractivity contribution in [3.05, 3.63) is 0 Å². The fraction of sp³-hybridized carbons (Fsp3) is 1.00. The quantitative estimate of drug-likeness (QED) is 0.477. The van der Waals surface area contributed by atoms with Gasteiger partial charge < -0.3 is 0 Å². The summed E-state index contributed by atoms with van der Waals surface area (Å²) in [5.74, 6) is 0. The Labute approximate surface area is 75.0 Å². The summed E-state index contributed by atoms with van der Waals surface area (Å²) in [6.07, 6.45) is 7.54. The Morgan fingerprint density at radius 2 is 1.90 bits per heavy atom. The average Bonchev–Trinajstić information content (AvgIpc) is 2.33. The van der Waals surface area contributed by atoms with Crippen LogP contribution in [-0.4, -0.2) is 9.36 Å². The summed E-state index contributed by atoms with van der Waals surface area (Å²) in [5, 5.41) is 0. The predicted molar refractivity (Wildman–Crippen MR) is 42.0 cm³/mol. The molecule has 1 fully saturated rings. The second kappa shape index (κ2) is 3.93. The topological polar surface area (TPSA) is 0 Å². The standard InChI is InChI=1S/C9H18I/c1-9(7-8-10-2)5-3-4-6-9/h3-8H2,1-2H3/q-1. The molecule has 0 unspecified atom stereocenters. The second-order valence-electron chi connectivity index (χ2n) is 3.72. The van der Waals surface area contributed by atoms with Crippen LogP contribution in [0.3, 0.4) is 0 Å². The van der Waals surface area contributed by atoms with Crippen molar-refractivity contribution in [2.75, 3.05) is 9.36 Å². The molecule has 0 radical (unpaired) electrons. The molecule has 0 aliphatic heterocycles. The molecular weight excluding hydrogens is 235 g/mol. The van der Waals surface area contributed by atoms with Gasteiger partial charge in [-0.15, -0.1) is 0 Å². The number of halogens is 1. The second-order valence-corrected chi connectivity index (χ2v) is 6.33. The first-order valence-corrected chi connectivity index (χ1v) is 7.89. The Kier molecular flexibility index (Phi) is 3.47. The Morgan fingerprint density at radius 1 is 1.30 bits per heavy atom. The van der Waals surface area contributed by atoms with Gasteiger partial charge in [-0.3, -0.25) is 0 Å². The van der Waals surface area contributed by atoms with Gasteiger partial charge in [-0.2, -0.15) is 0 Å². The van der Waals surface area contributed by atoms with Crippen LogP contribution in [0.5, 0.6) is 0 Å². The summed E-state index contributed by atoms with van der Waals surface area (Å²) < 4.78 is 1.55. The third-order valence-electron chi connectivity index (χ3n) is 2.70. The van der Waals surface area contributed by atoms with Crippen molar-refractivity contribution < 1.29 is 21.2 Å². The van der Waals surface area contributed by atoms with E-state index >= 15 is 0 Å². The zero-order chi connectivity index (χ0) is 7.45. The van der Waals surface area contributed by atoms with E-state index < -0.39 is 0 Å². The molecule has 0 heterocycles. The van der Waals surface area contributed by atoms with Crippen molar-refractivity contribution in [3.8, 4) is 0 Å². The van der Waals surface area contributed by atoms with Gasteiger partial charge in [-0.25, -0.2) is 0 Å². The van der Waals surface area contributed by atoms with Crippen molar-refractivity contribution in [1.82, 2.24) is 0 Å². The van der Waals surface area contributed by atoms with Gasteiger partial charge in [-0.05, 0) is 0 Å². The van der Waals surface area contributed by atoms with Crippen LogP contribution in [0.25, 0.3) is 0 Å². The van der Waals surface area contributed by atoms with E-state index in [1.165, 1.54) is 32.1 Å². The Bertz CT molecular complexity index is 92.9. The van der Waals surface area contributed by atoms with Gasteiger partial charge in [0.25, 0.3) is 0 Å². The molecule has 0 aromatic carbocycles. The first-order valence-electron chi connectivity index (χ1n) is 4.21. The third-order valence-corrected chi connectivity index (χ3v) is 4.32. The van der Waals surface area contributed by atoms with Crippen LogP contribution in [0.1, 0.15) is 39.0 Å². The molecule has 0 atom stereocenters. The molecule has 0 bridgehead atoms. The summed E-state index contributed by atoms with van der Waals surface area (Å²) in [7, 11) is 0. The molecule has 1 heteroatoms. The SMILES string of the molecule is C[I-]CCC1(C)CCCC1. The first-order chi connectivity index (χ1) is 4.77. The molecule has 0 aromatic heterocycles. The fourth-order valence-electron chi connectivity index (χ4n) is 1.80. The molecule has 62 valence electrons. The molecule has 1 aliphatic carbocycles.